The third-order valence-electron chi connectivity index (χ3n) is 17.1. The van der Waals surface area contributed by atoms with Gasteiger partial charge in [0.2, 0.25) is 11.3 Å². The van der Waals surface area contributed by atoms with Crippen molar-refractivity contribution in [3.63, 3.8) is 0 Å². The number of aliphatic hydroxyl groups is 4. The highest BCUT2D eigenvalue weighted by molar-refractivity contribution is 5.93. The second kappa shape index (κ2) is 26.6. The molecule has 2 aromatic rings. The third kappa shape index (κ3) is 15.0. The number of esters is 1. The number of carboxylic acid groups (broad SMARTS) is 1. The second-order valence-corrected chi connectivity index (χ2v) is 24.1. The molecule has 4 heterocycles. The molecule has 79 heavy (non-hydrogen) atoms. The van der Waals surface area contributed by atoms with Crippen LogP contribution < -0.4 is 16.1 Å². The van der Waals surface area contributed by atoms with Crippen LogP contribution in [0.1, 0.15) is 137 Å². The quantitative estimate of drug-likeness (QED) is 0.0804. The molecule has 3 saturated heterocycles. The zero-order valence-corrected chi connectivity index (χ0v) is 48.9. The summed E-state index contributed by atoms with van der Waals surface area (Å²) in [7, 11) is 7.12. The average Bonchev–Trinajstić information content (AvgIpc) is 4.33. The van der Waals surface area contributed by atoms with Crippen LogP contribution in [-0.2, 0) is 42.7 Å². The Balaban J connectivity index is 1.15. The number of aromatic nitrogens is 1. The average molecular weight is 1120 g/mol. The maximum Gasteiger partial charge on any atom is 0.341 e. The summed E-state index contributed by atoms with van der Waals surface area (Å²) in [6.07, 6.45) is -5.15. The molecule has 0 bridgehead atoms. The molecule has 4 fully saturated rings. The Bertz CT molecular complexity index is 2460. The summed E-state index contributed by atoms with van der Waals surface area (Å²) in [5.41, 5.74) is -5.14. The lowest BCUT2D eigenvalue weighted by molar-refractivity contribution is -0.320. The van der Waals surface area contributed by atoms with Crippen LogP contribution in [0.15, 0.2) is 23.1 Å². The lowest BCUT2D eigenvalue weighted by Crippen LogP contribution is -2.61. The van der Waals surface area contributed by atoms with Crippen LogP contribution in [0.5, 0.6) is 0 Å². The molecule has 0 spiro atoms. The van der Waals surface area contributed by atoms with Crippen LogP contribution in [0.3, 0.4) is 0 Å². The minimum atomic E-state index is -1.86. The fourth-order valence-electron chi connectivity index (χ4n) is 12.3. The van der Waals surface area contributed by atoms with Crippen molar-refractivity contribution in [2.75, 3.05) is 59.8 Å². The normalized spacial score (nSPS) is 37.5. The Morgan fingerprint density at radius 2 is 1.65 bits per heavy atom. The molecule has 0 radical (unpaired) electrons. The van der Waals surface area contributed by atoms with E-state index in [2.05, 4.69) is 10.6 Å². The van der Waals surface area contributed by atoms with E-state index in [1.54, 1.807) is 39.4 Å². The molecule has 7 N–H and O–H groups in total. The standard InChI is InChI=1S/C57H92FN5O16/c1-15-43-57(10,72)49(67)34(6)62(13)28-30(2)26-55(8,71)50(79-54-47(66)42(61(11)12)23-31(3)75-54)32(4)48(33(5)53(70)77-43)78-45-27-56(9,73-14)51(35(7)76-45)74-22-16-17-44(64)60-21-20-59-40-25-41-37(24-39(40)58)46(65)38(52(68)69)29-63(41)36-18-19-36/h24-25,29-36,42-43,45,47-51,54,59,66-67,71-72H,15-23,26-28H2,1-14H3,(H,60,64)(H,68,69)/t30-,31-,32+,33-,34-,35+,42+,43-,45?,47-,48+,49-,50-,51+,54+,55-,56-,57-/m1/s1. The number of likely N-dealkylation sites (N-methyl/N-ethyl adjacent to an activating group) is 2. The lowest BCUT2D eigenvalue weighted by atomic mass is 9.77. The number of aliphatic hydroxyl groups excluding tert-OH is 2. The van der Waals surface area contributed by atoms with Crippen LogP contribution in [0.25, 0.3) is 10.9 Å². The van der Waals surface area contributed by atoms with E-state index in [9.17, 15) is 44.7 Å². The first-order valence-electron chi connectivity index (χ1n) is 28.2. The number of carbonyl (C=O) groups is 3. The van der Waals surface area contributed by atoms with Gasteiger partial charge in [0.15, 0.2) is 12.6 Å². The smallest absolute Gasteiger partial charge is 0.341 e. The first-order chi connectivity index (χ1) is 37.0. The number of aromatic carboxylic acids is 1. The number of anilines is 1. The van der Waals surface area contributed by atoms with Gasteiger partial charge in [-0.15, -0.1) is 0 Å². The molecule has 22 heteroatoms. The fraction of sp³-hybridized carbons (Fsp3) is 0.789. The van der Waals surface area contributed by atoms with E-state index in [1.165, 1.54) is 19.2 Å². The lowest BCUT2D eigenvalue weighted by Gasteiger charge is -2.49. The predicted octanol–water partition coefficient (Wildman–Crippen LogP) is 4.42. The Morgan fingerprint density at radius 1 is 0.962 bits per heavy atom. The molecule has 448 valence electrons. The van der Waals surface area contributed by atoms with E-state index in [0.717, 1.165) is 18.9 Å². The zero-order chi connectivity index (χ0) is 58.6. The highest BCUT2D eigenvalue weighted by atomic mass is 19.1. The number of halogens is 1. The molecule has 21 nitrogen and oxygen atoms in total. The molecule has 1 aromatic heterocycles. The van der Waals surface area contributed by atoms with Crippen molar-refractivity contribution in [1.29, 1.82) is 0 Å². The number of carbonyl (C=O) groups excluding carboxylic acids is 2. The SMILES string of the molecule is CC[C@H]1OC(=O)[C@H](C)[C@@H](OC2C[C@@](C)(OC)[C@@H](OCCCC(=O)NCCNc3cc4c(cc3F)c(=O)c(C(=O)O)cn4C3CC3)[C@H](C)O2)[C@H](C)[C@@H](O[C@@H]2O[C@H](C)C[C@H](N(C)C)[C@H]2O)[C@](C)(O)C[C@@H](C)CN(C)[C@H](C)[C@@H](O)[C@]1(C)O. The third-order valence-corrected chi connectivity index (χ3v) is 17.1. The van der Waals surface area contributed by atoms with Gasteiger partial charge in [-0.2, -0.15) is 0 Å². The van der Waals surface area contributed by atoms with E-state index in [0.29, 0.717) is 24.9 Å². The molecule has 1 amide bonds. The summed E-state index contributed by atoms with van der Waals surface area (Å²) in [5.74, 6) is -5.19. The first kappa shape index (κ1) is 64.3. The number of nitrogens with zero attached hydrogens (tertiary/aromatic N) is 3. The van der Waals surface area contributed by atoms with Crippen LogP contribution >= 0.6 is 0 Å². The maximum absolute atomic E-state index is 15.2. The Kier molecular flexibility index (Phi) is 21.6. The fourth-order valence-corrected chi connectivity index (χ4v) is 12.3. The van der Waals surface area contributed by atoms with Crippen molar-refractivity contribution in [1.82, 2.24) is 19.7 Å². The predicted molar refractivity (Wildman–Crippen MR) is 292 cm³/mol. The number of pyridine rings is 1. The van der Waals surface area contributed by atoms with Crippen molar-refractivity contribution in [2.45, 2.75) is 217 Å². The van der Waals surface area contributed by atoms with E-state index >= 15 is 4.39 Å². The van der Waals surface area contributed by atoms with Crippen molar-refractivity contribution in [3.05, 3.63) is 39.9 Å². The molecule has 1 aromatic carbocycles. The van der Waals surface area contributed by atoms with Crippen molar-refractivity contribution in [3.8, 4) is 0 Å². The van der Waals surface area contributed by atoms with E-state index in [4.69, 9.17) is 33.2 Å². The largest absolute Gasteiger partial charge is 0.477 e. The van der Waals surface area contributed by atoms with Crippen molar-refractivity contribution >= 4 is 34.4 Å². The number of hydrogen-bond acceptors (Lipinski definition) is 18. The zero-order valence-electron chi connectivity index (χ0n) is 48.9. The Labute approximate surface area is 464 Å². The minimum Gasteiger partial charge on any atom is -0.477 e. The Hall–Kier alpha value is -3.91. The maximum atomic E-state index is 15.2. The van der Waals surface area contributed by atoms with Gasteiger partial charge in [-0.05, 0) is 126 Å². The highest BCUT2D eigenvalue weighted by Gasteiger charge is 2.53. The summed E-state index contributed by atoms with van der Waals surface area (Å²) in [5, 5.41) is 63.5. The number of ether oxygens (including phenoxy) is 7. The highest BCUT2D eigenvalue weighted by Crippen LogP contribution is 2.42. The van der Waals surface area contributed by atoms with Gasteiger partial charge >= 0.3 is 11.9 Å². The van der Waals surface area contributed by atoms with E-state index in [1.807, 2.05) is 65.6 Å². The van der Waals surface area contributed by atoms with E-state index in [-0.39, 0.29) is 86.5 Å². The number of benzene rings is 1. The van der Waals surface area contributed by atoms with Crippen LogP contribution in [0.4, 0.5) is 10.1 Å². The summed E-state index contributed by atoms with van der Waals surface area (Å²) in [4.78, 5) is 56.0. The van der Waals surface area contributed by atoms with Gasteiger partial charge < -0.3 is 83.7 Å². The number of carboxylic acids is 1. The summed E-state index contributed by atoms with van der Waals surface area (Å²) < 4.78 is 62.3. The van der Waals surface area contributed by atoms with Crippen molar-refractivity contribution in [2.24, 2.45) is 17.8 Å². The minimum absolute atomic E-state index is 0.0144. The number of fused-ring (bicyclic) bond motifs is 1. The van der Waals surface area contributed by atoms with E-state index < -0.39 is 119 Å². The number of rotatable bonds is 18. The molecular formula is C57H92FN5O16. The van der Waals surface area contributed by atoms with Gasteiger partial charge in [0.1, 0.15) is 41.4 Å². The van der Waals surface area contributed by atoms with Crippen LogP contribution in [0.2, 0.25) is 0 Å². The number of hydrogen-bond donors (Lipinski definition) is 7. The number of cyclic esters (lactones) is 1. The van der Waals surface area contributed by atoms with Crippen molar-refractivity contribution < 1.29 is 77.5 Å². The number of nitrogens with one attached hydrogen (secondary N) is 2. The first-order valence-corrected chi connectivity index (χ1v) is 28.2. The molecule has 1 aliphatic carbocycles. The van der Waals surface area contributed by atoms with Gasteiger partial charge in [0.05, 0.1) is 52.7 Å². The van der Waals surface area contributed by atoms with Crippen LogP contribution in [-0.4, -0.2) is 203 Å². The molecule has 18 atom stereocenters. The number of amides is 1. The molecular weight excluding hydrogens is 1030 g/mol. The summed E-state index contributed by atoms with van der Waals surface area (Å²) >= 11 is 0. The van der Waals surface area contributed by atoms with Gasteiger partial charge in [-0.25, -0.2) is 9.18 Å². The monoisotopic (exact) mass is 1120 g/mol. The molecule has 3 aliphatic heterocycles. The molecule has 1 unspecified atom stereocenters. The topological polar surface area (TPSA) is 270 Å². The van der Waals surface area contributed by atoms with Gasteiger partial charge in [-0.1, -0.05) is 20.8 Å². The molecule has 4 aliphatic rings. The van der Waals surface area contributed by atoms with Gasteiger partial charge in [-0.3, -0.25) is 14.4 Å². The second-order valence-electron chi connectivity index (χ2n) is 24.1. The van der Waals surface area contributed by atoms with Crippen LogP contribution in [0, 0.1) is 23.6 Å². The van der Waals surface area contributed by atoms with Gasteiger partial charge in [0, 0.05) is 81.8 Å². The summed E-state index contributed by atoms with van der Waals surface area (Å²) in [6, 6.07) is 1.66. The molecule has 1 saturated carbocycles. The molecule has 6 rings (SSSR count). The Morgan fingerprint density at radius 3 is 2.27 bits per heavy atom. The summed E-state index contributed by atoms with van der Waals surface area (Å²) in [6.45, 7) is 18.6. The number of methoxy groups -OCH3 is 1. The van der Waals surface area contributed by atoms with Gasteiger partial charge in [0.25, 0.3) is 0 Å².